The first-order chi connectivity index (χ1) is 13.8. The third-order valence-corrected chi connectivity index (χ3v) is 4.89. The second-order valence-corrected chi connectivity index (χ2v) is 8.15. The maximum atomic E-state index is 12.5. The van der Waals surface area contributed by atoms with Crippen LogP contribution in [0.3, 0.4) is 0 Å². The van der Waals surface area contributed by atoms with E-state index in [-0.39, 0.29) is 23.7 Å². The fourth-order valence-electron chi connectivity index (χ4n) is 3.24. The van der Waals surface area contributed by atoms with Crippen LogP contribution >= 0.6 is 0 Å². The van der Waals surface area contributed by atoms with Crippen molar-refractivity contribution in [3.8, 4) is 0 Å². The molecule has 0 unspecified atom stereocenters. The van der Waals surface area contributed by atoms with Crippen LogP contribution in [0.4, 0.5) is 11.4 Å². The molecule has 29 heavy (non-hydrogen) atoms. The van der Waals surface area contributed by atoms with Crippen LogP contribution < -0.4 is 10.2 Å². The summed E-state index contributed by atoms with van der Waals surface area (Å²) in [5.41, 5.74) is 3.48. The molecule has 0 atom stereocenters. The van der Waals surface area contributed by atoms with E-state index in [1.807, 2.05) is 54.6 Å². The van der Waals surface area contributed by atoms with Gasteiger partial charge in [-0.25, -0.2) is 0 Å². The summed E-state index contributed by atoms with van der Waals surface area (Å²) < 4.78 is 0. The van der Waals surface area contributed by atoms with Crippen LogP contribution in [0, 0.1) is 0 Å². The molecule has 0 aliphatic rings. The van der Waals surface area contributed by atoms with Gasteiger partial charge in [-0.2, -0.15) is 0 Å². The summed E-state index contributed by atoms with van der Waals surface area (Å²) in [6, 6.07) is 17.4. The number of amides is 2. The first kappa shape index (κ1) is 20.5. The molecule has 0 saturated heterocycles. The molecule has 1 aromatic heterocycles. The number of fused-ring (bicyclic) bond motifs is 1. The van der Waals surface area contributed by atoms with E-state index >= 15 is 0 Å². The molecule has 3 rings (SSSR count). The van der Waals surface area contributed by atoms with Gasteiger partial charge in [0.05, 0.1) is 11.2 Å². The number of hydrogen-bond donors (Lipinski definition) is 1. The van der Waals surface area contributed by atoms with Gasteiger partial charge in [0.1, 0.15) is 0 Å². The van der Waals surface area contributed by atoms with Crippen molar-refractivity contribution in [1.29, 1.82) is 0 Å². The van der Waals surface area contributed by atoms with E-state index in [2.05, 4.69) is 31.1 Å². The molecule has 0 saturated carbocycles. The molecule has 0 radical (unpaired) electrons. The van der Waals surface area contributed by atoms with E-state index in [1.165, 1.54) is 12.5 Å². The van der Waals surface area contributed by atoms with Gasteiger partial charge in [-0.05, 0) is 35.2 Å². The quantitative estimate of drug-likeness (QED) is 0.674. The van der Waals surface area contributed by atoms with Gasteiger partial charge in [0.25, 0.3) is 0 Å². The number of carbonyl (C=O) groups excluding carboxylic acids is 2. The maximum Gasteiger partial charge on any atom is 0.226 e. The van der Waals surface area contributed by atoms with Crippen molar-refractivity contribution < 1.29 is 9.59 Å². The summed E-state index contributed by atoms with van der Waals surface area (Å²) >= 11 is 0. The van der Waals surface area contributed by atoms with Crippen LogP contribution in [-0.4, -0.2) is 23.3 Å². The number of carbonyl (C=O) groups is 2. The molecule has 5 heteroatoms. The Bertz CT molecular complexity index is 1010. The van der Waals surface area contributed by atoms with Gasteiger partial charge in [0, 0.05) is 37.2 Å². The number of pyridine rings is 1. The third-order valence-electron chi connectivity index (χ3n) is 4.89. The van der Waals surface area contributed by atoms with Gasteiger partial charge in [-0.3, -0.25) is 14.6 Å². The monoisotopic (exact) mass is 389 g/mol. The van der Waals surface area contributed by atoms with Gasteiger partial charge >= 0.3 is 0 Å². The second kappa shape index (κ2) is 8.43. The van der Waals surface area contributed by atoms with E-state index in [9.17, 15) is 9.59 Å². The van der Waals surface area contributed by atoms with Crippen LogP contribution in [0.2, 0.25) is 0 Å². The number of para-hydroxylation sites is 1. The van der Waals surface area contributed by atoms with Gasteiger partial charge in [0.15, 0.2) is 0 Å². The number of hydrogen-bond acceptors (Lipinski definition) is 3. The molecule has 0 aliphatic carbocycles. The molecule has 3 aromatic rings. The fraction of sp³-hybridized carbons (Fsp3) is 0.292. The lowest BCUT2D eigenvalue weighted by Gasteiger charge is -2.23. The van der Waals surface area contributed by atoms with Crippen molar-refractivity contribution >= 4 is 34.1 Å². The van der Waals surface area contributed by atoms with Crippen LogP contribution in [0.15, 0.2) is 60.8 Å². The number of nitrogens with one attached hydrogen (secondary N) is 1. The number of aromatic nitrogens is 1. The number of benzene rings is 2. The molecular formula is C24H27N3O2. The summed E-state index contributed by atoms with van der Waals surface area (Å²) in [6.07, 6.45) is 1.90. The Hall–Kier alpha value is -3.21. The minimum atomic E-state index is -0.152. The minimum Gasteiger partial charge on any atom is -0.324 e. The Morgan fingerprint density at radius 2 is 1.69 bits per heavy atom. The first-order valence-electron chi connectivity index (χ1n) is 9.78. The highest BCUT2D eigenvalue weighted by Crippen LogP contribution is 2.25. The Balaban J connectivity index is 1.69. The average Bonchev–Trinajstić information content (AvgIpc) is 2.68. The zero-order chi connectivity index (χ0) is 21.0. The summed E-state index contributed by atoms with van der Waals surface area (Å²) in [5, 5.41) is 3.89. The topological polar surface area (TPSA) is 62.3 Å². The van der Waals surface area contributed by atoms with Gasteiger partial charge in [-0.1, -0.05) is 51.1 Å². The lowest BCUT2D eigenvalue weighted by Crippen LogP contribution is -2.32. The number of rotatable bonds is 5. The van der Waals surface area contributed by atoms with Crippen molar-refractivity contribution in [2.75, 3.05) is 16.8 Å². The average molecular weight is 389 g/mol. The normalized spacial score (nSPS) is 11.3. The highest BCUT2D eigenvalue weighted by atomic mass is 16.2. The van der Waals surface area contributed by atoms with E-state index in [1.54, 1.807) is 11.1 Å². The molecule has 0 bridgehead atoms. The molecule has 150 valence electrons. The van der Waals surface area contributed by atoms with E-state index in [0.717, 1.165) is 16.6 Å². The predicted octanol–water partition coefficient (Wildman–Crippen LogP) is 4.91. The lowest BCUT2D eigenvalue weighted by molar-refractivity contribution is -0.117. The SMILES string of the molecule is CC(=O)N(CCC(=O)Nc1cccc2cccnc12)c1ccc(C(C)(C)C)cc1. The second-order valence-electron chi connectivity index (χ2n) is 8.15. The Morgan fingerprint density at radius 1 is 1.00 bits per heavy atom. The van der Waals surface area contributed by atoms with Crippen LogP contribution in [0.25, 0.3) is 10.9 Å². The molecule has 2 aromatic carbocycles. The van der Waals surface area contributed by atoms with Crippen molar-refractivity contribution in [1.82, 2.24) is 4.98 Å². The Kier molecular flexibility index (Phi) is 5.97. The van der Waals surface area contributed by atoms with Gasteiger partial charge in [-0.15, -0.1) is 0 Å². The van der Waals surface area contributed by atoms with Crippen molar-refractivity contribution in [2.45, 2.75) is 39.5 Å². The zero-order valence-electron chi connectivity index (χ0n) is 17.4. The van der Waals surface area contributed by atoms with E-state index in [0.29, 0.717) is 12.2 Å². The molecular weight excluding hydrogens is 362 g/mol. The molecule has 5 nitrogen and oxygen atoms in total. The maximum absolute atomic E-state index is 12.5. The lowest BCUT2D eigenvalue weighted by atomic mass is 9.87. The van der Waals surface area contributed by atoms with Crippen LogP contribution in [0.1, 0.15) is 39.7 Å². The largest absolute Gasteiger partial charge is 0.324 e. The molecule has 0 spiro atoms. The minimum absolute atomic E-state index is 0.0476. The van der Waals surface area contributed by atoms with E-state index < -0.39 is 0 Å². The Morgan fingerprint density at radius 3 is 2.34 bits per heavy atom. The molecule has 1 N–H and O–H groups in total. The molecule has 1 heterocycles. The van der Waals surface area contributed by atoms with Crippen LogP contribution in [-0.2, 0) is 15.0 Å². The molecule has 2 amide bonds. The smallest absolute Gasteiger partial charge is 0.226 e. The molecule has 0 fully saturated rings. The van der Waals surface area contributed by atoms with Gasteiger partial charge < -0.3 is 10.2 Å². The summed E-state index contributed by atoms with van der Waals surface area (Å²) in [4.78, 5) is 30.7. The highest BCUT2D eigenvalue weighted by molar-refractivity contribution is 6.01. The summed E-state index contributed by atoms with van der Waals surface area (Å²) in [7, 11) is 0. The Labute approximate surface area is 171 Å². The predicted molar refractivity (Wildman–Crippen MR) is 118 cm³/mol. The van der Waals surface area contributed by atoms with Crippen molar-refractivity contribution in [3.05, 3.63) is 66.4 Å². The summed E-state index contributed by atoms with van der Waals surface area (Å²) in [5.74, 6) is -0.242. The summed E-state index contributed by atoms with van der Waals surface area (Å²) in [6.45, 7) is 8.28. The third kappa shape index (κ3) is 4.99. The van der Waals surface area contributed by atoms with E-state index in [4.69, 9.17) is 0 Å². The van der Waals surface area contributed by atoms with Crippen molar-refractivity contribution in [2.24, 2.45) is 0 Å². The van der Waals surface area contributed by atoms with Gasteiger partial charge in [0.2, 0.25) is 11.8 Å². The first-order valence-corrected chi connectivity index (χ1v) is 9.78. The standard InChI is InChI=1S/C24H27N3O2/c1-17(28)27(20-12-10-19(11-13-20)24(2,3)4)16-14-22(29)26-21-9-5-7-18-8-6-15-25-23(18)21/h5-13,15H,14,16H2,1-4H3,(H,26,29). The number of anilines is 2. The highest BCUT2D eigenvalue weighted by Gasteiger charge is 2.17. The van der Waals surface area contributed by atoms with Crippen molar-refractivity contribution in [3.63, 3.8) is 0 Å². The zero-order valence-corrected chi connectivity index (χ0v) is 17.4. The molecule has 0 aliphatic heterocycles. The number of nitrogens with zero attached hydrogens (tertiary/aromatic N) is 2. The fourth-order valence-corrected chi connectivity index (χ4v) is 3.24. The van der Waals surface area contributed by atoms with Crippen LogP contribution in [0.5, 0.6) is 0 Å².